The van der Waals surface area contributed by atoms with E-state index in [1.165, 1.54) is 24.3 Å². The molecule has 0 spiro atoms. The summed E-state index contributed by atoms with van der Waals surface area (Å²) >= 11 is 6.73. The van der Waals surface area contributed by atoms with Crippen molar-refractivity contribution in [3.63, 3.8) is 0 Å². The van der Waals surface area contributed by atoms with E-state index in [0.717, 1.165) is 0 Å². The Morgan fingerprint density at radius 2 is 2.08 bits per heavy atom. The fraction of sp³-hybridized carbons (Fsp3) is 0.400. The first-order valence-corrected chi connectivity index (χ1v) is 12.2. The molecule has 9 nitrogen and oxygen atoms in total. The van der Waals surface area contributed by atoms with Crippen LogP contribution in [0.1, 0.15) is 23.7 Å². The molecule has 1 aromatic carbocycles. The summed E-state index contributed by atoms with van der Waals surface area (Å²) < 4.78 is 21.0. The number of nitrogens with two attached hydrogens (primary N) is 1. The number of hydrogen-bond acceptors (Lipinski definition) is 7. The molecule has 0 radical (unpaired) electrons. The first-order valence-electron chi connectivity index (χ1n) is 11.8. The maximum atomic E-state index is 14.9. The molecule has 0 bridgehead atoms. The molecule has 3 aliphatic rings. The molecule has 2 amide bonds. The van der Waals surface area contributed by atoms with Crippen LogP contribution in [0.25, 0.3) is 11.3 Å². The van der Waals surface area contributed by atoms with E-state index in [4.69, 9.17) is 22.1 Å². The molecule has 36 heavy (non-hydrogen) atoms. The summed E-state index contributed by atoms with van der Waals surface area (Å²) in [6, 6.07) is 3.19. The summed E-state index contributed by atoms with van der Waals surface area (Å²) in [7, 11) is 0. The van der Waals surface area contributed by atoms with Crippen LogP contribution in [0.2, 0.25) is 5.02 Å². The minimum Gasteiger partial charge on any atom is -0.507 e. The zero-order valence-corrected chi connectivity index (χ0v) is 20.5. The minimum atomic E-state index is -0.711. The number of rotatable bonds is 3. The van der Waals surface area contributed by atoms with Gasteiger partial charge in [-0.1, -0.05) is 24.2 Å². The Kier molecular flexibility index (Phi) is 6.25. The topological polar surface area (TPSA) is 112 Å². The zero-order chi connectivity index (χ0) is 25.7. The van der Waals surface area contributed by atoms with Gasteiger partial charge in [-0.3, -0.25) is 9.59 Å². The Bertz CT molecular complexity index is 1240. The van der Waals surface area contributed by atoms with E-state index in [0.29, 0.717) is 26.1 Å². The third-order valence-electron chi connectivity index (χ3n) is 7.25. The average Bonchev–Trinajstić information content (AvgIpc) is 3.11. The van der Waals surface area contributed by atoms with Crippen molar-refractivity contribution in [3.05, 3.63) is 47.3 Å². The Morgan fingerprint density at radius 1 is 1.31 bits per heavy atom. The van der Waals surface area contributed by atoms with Crippen molar-refractivity contribution >= 4 is 29.2 Å². The lowest BCUT2D eigenvalue weighted by Gasteiger charge is -2.39. The monoisotopic (exact) mass is 515 g/mol. The summed E-state index contributed by atoms with van der Waals surface area (Å²) in [6.07, 6.45) is 1.92. The highest BCUT2D eigenvalue weighted by Gasteiger charge is 2.42. The normalized spacial score (nSPS) is 23.6. The number of nitrogens with zero attached hydrogens (tertiary/aromatic N) is 4. The van der Waals surface area contributed by atoms with Crippen molar-refractivity contribution in [1.29, 1.82) is 0 Å². The van der Waals surface area contributed by atoms with Crippen LogP contribution in [0.4, 0.5) is 10.2 Å². The average molecular weight is 516 g/mol. The van der Waals surface area contributed by atoms with E-state index in [1.807, 2.05) is 11.8 Å². The van der Waals surface area contributed by atoms with E-state index in [2.05, 4.69) is 11.6 Å². The first-order chi connectivity index (χ1) is 17.2. The third kappa shape index (κ3) is 3.84. The van der Waals surface area contributed by atoms with Crippen molar-refractivity contribution in [3.8, 4) is 22.8 Å². The van der Waals surface area contributed by atoms with Gasteiger partial charge in [0.25, 0.3) is 5.91 Å². The highest BCUT2D eigenvalue weighted by Crippen LogP contribution is 2.46. The van der Waals surface area contributed by atoms with Gasteiger partial charge in [-0.2, -0.15) is 0 Å². The minimum absolute atomic E-state index is 0.0233. The molecule has 3 atom stereocenters. The second-order valence-corrected chi connectivity index (χ2v) is 9.65. The number of pyridine rings is 1. The SMILES string of the molecule is C=CC(=O)N1CCN2C(=O)c3c(N4CCC(N)[C@@H]4C)nc(-c4c(O)cccc4F)c(Cl)c3OC[C@H]2C1. The number of phenols is 1. The molecule has 3 aliphatic heterocycles. The fourth-order valence-electron chi connectivity index (χ4n) is 5.16. The molecule has 5 rings (SSSR count). The number of phenolic OH excluding ortho intramolecular Hbond substituents is 1. The lowest BCUT2D eigenvalue weighted by atomic mass is 10.0. The maximum absolute atomic E-state index is 14.9. The van der Waals surface area contributed by atoms with Crippen molar-refractivity contribution < 1.29 is 23.8 Å². The number of amides is 2. The highest BCUT2D eigenvalue weighted by molar-refractivity contribution is 6.35. The Balaban J connectivity index is 1.67. The first kappa shape index (κ1) is 24.3. The summed E-state index contributed by atoms with van der Waals surface area (Å²) in [4.78, 5) is 36.0. The number of aromatic hydroxyl groups is 1. The van der Waals surface area contributed by atoms with E-state index >= 15 is 0 Å². The molecule has 2 fully saturated rings. The smallest absolute Gasteiger partial charge is 0.261 e. The van der Waals surface area contributed by atoms with Gasteiger partial charge in [0.1, 0.15) is 40.3 Å². The van der Waals surface area contributed by atoms with E-state index in [-0.39, 0.29) is 76.2 Å². The van der Waals surface area contributed by atoms with Crippen LogP contribution in [0.5, 0.6) is 11.5 Å². The van der Waals surface area contributed by atoms with Gasteiger partial charge in [-0.05, 0) is 31.6 Å². The van der Waals surface area contributed by atoms with Gasteiger partial charge < -0.3 is 30.3 Å². The van der Waals surface area contributed by atoms with Crippen LogP contribution in [-0.2, 0) is 4.79 Å². The highest BCUT2D eigenvalue weighted by atomic mass is 35.5. The van der Waals surface area contributed by atoms with Crippen LogP contribution in [-0.4, -0.2) is 82.6 Å². The van der Waals surface area contributed by atoms with E-state index in [1.54, 1.807) is 9.80 Å². The standard InChI is InChI=1S/C25H27ClFN5O4/c1-3-18(34)30-9-10-32-14(11-30)12-36-23-20(25(32)35)24(31-8-7-16(28)13(31)2)29-22(21(23)26)19-15(27)5-4-6-17(19)33/h3-6,13-14,16,33H,1,7-12,28H2,2H3/t13-,14+,16?/m0/s1. The molecular formula is C25H27ClFN5O4. The number of piperazine rings is 1. The van der Waals surface area contributed by atoms with E-state index in [9.17, 15) is 19.1 Å². The van der Waals surface area contributed by atoms with Gasteiger partial charge in [0.15, 0.2) is 5.75 Å². The van der Waals surface area contributed by atoms with Gasteiger partial charge in [0.2, 0.25) is 5.91 Å². The number of halogens is 2. The van der Waals surface area contributed by atoms with Crippen LogP contribution < -0.4 is 15.4 Å². The number of aromatic nitrogens is 1. The predicted octanol–water partition coefficient (Wildman–Crippen LogP) is 2.40. The number of ether oxygens (including phenoxy) is 1. The number of carbonyl (C=O) groups is 2. The van der Waals surface area contributed by atoms with Gasteiger partial charge in [-0.25, -0.2) is 9.37 Å². The summed E-state index contributed by atoms with van der Waals surface area (Å²) in [5, 5.41) is 10.4. The van der Waals surface area contributed by atoms with Crippen molar-refractivity contribution in [2.45, 2.75) is 31.5 Å². The van der Waals surface area contributed by atoms with Gasteiger partial charge in [-0.15, -0.1) is 0 Å². The number of benzene rings is 1. The summed E-state index contributed by atoms with van der Waals surface area (Å²) in [5.74, 6) is -1.24. The lowest BCUT2D eigenvalue weighted by molar-refractivity contribution is -0.128. The molecule has 11 heteroatoms. The molecule has 4 heterocycles. The van der Waals surface area contributed by atoms with Crippen LogP contribution >= 0.6 is 11.6 Å². The predicted molar refractivity (Wildman–Crippen MR) is 133 cm³/mol. The van der Waals surface area contributed by atoms with Gasteiger partial charge in [0.05, 0.1) is 11.6 Å². The van der Waals surface area contributed by atoms with Gasteiger partial charge in [0, 0.05) is 38.3 Å². The molecule has 190 valence electrons. The number of fused-ring (bicyclic) bond motifs is 2. The molecule has 0 saturated carbocycles. The summed E-state index contributed by atoms with van der Waals surface area (Å²) in [6.45, 7) is 7.01. The van der Waals surface area contributed by atoms with Crippen LogP contribution in [0, 0.1) is 5.82 Å². The lowest BCUT2D eigenvalue weighted by Crippen LogP contribution is -2.57. The van der Waals surface area contributed by atoms with Crippen molar-refractivity contribution in [2.24, 2.45) is 5.73 Å². The van der Waals surface area contributed by atoms with Crippen molar-refractivity contribution in [2.75, 3.05) is 37.7 Å². The van der Waals surface area contributed by atoms with Crippen LogP contribution in [0.15, 0.2) is 30.9 Å². The molecule has 1 unspecified atom stereocenters. The number of anilines is 1. The molecular weight excluding hydrogens is 489 g/mol. The Labute approximate surface area is 212 Å². The molecule has 2 aromatic rings. The Morgan fingerprint density at radius 3 is 2.75 bits per heavy atom. The second kappa shape index (κ2) is 9.25. The largest absolute Gasteiger partial charge is 0.507 e. The number of carbonyl (C=O) groups excluding carboxylic acids is 2. The number of hydrogen-bond donors (Lipinski definition) is 2. The van der Waals surface area contributed by atoms with Crippen molar-refractivity contribution in [1.82, 2.24) is 14.8 Å². The molecule has 3 N–H and O–H groups in total. The zero-order valence-electron chi connectivity index (χ0n) is 19.8. The molecule has 0 aliphatic carbocycles. The molecule has 1 aromatic heterocycles. The summed E-state index contributed by atoms with van der Waals surface area (Å²) in [5.41, 5.74) is 6.24. The van der Waals surface area contributed by atoms with Crippen LogP contribution in [0.3, 0.4) is 0 Å². The third-order valence-corrected chi connectivity index (χ3v) is 7.61. The second-order valence-electron chi connectivity index (χ2n) is 9.27. The Hall–Kier alpha value is -3.37. The maximum Gasteiger partial charge on any atom is 0.261 e. The quantitative estimate of drug-likeness (QED) is 0.604. The fourth-order valence-corrected chi connectivity index (χ4v) is 5.45. The van der Waals surface area contributed by atoms with Gasteiger partial charge >= 0.3 is 0 Å². The molecule has 2 saturated heterocycles. The van der Waals surface area contributed by atoms with E-state index < -0.39 is 11.9 Å².